The van der Waals surface area contributed by atoms with E-state index in [9.17, 15) is 0 Å². The Kier molecular flexibility index (Phi) is 2.28. The minimum Gasteiger partial charge on any atom is -0.478 e. The van der Waals surface area contributed by atoms with Gasteiger partial charge in [-0.3, -0.25) is 0 Å². The number of ether oxygens (including phenoxy) is 1. The number of hydrogen-bond donors (Lipinski definition) is 2. The van der Waals surface area contributed by atoms with Crippen LogP contribution in [0.4, 0.5) is 5.69 Å². The Bertz CT molecular complexity index is 528. The summed E-state index contributed by atoms with van der Waals surface area (Å²) in [6.45, 7) is 4.76. The summed E-state index contributed by atoms with van der Waals surface area (Å²) in [6.07, 6.45) is -0.0442. The van der Waals surface area contributed by atoms with Gasteiger partial charge in [0.25, 0.3) is 0 Å². The number of para-hydroxylation sites is 2. The van der Waals surface area contributed by atoms with Crippen LogP contribution in [-0.4, -0.2) is 16.5 Å². The van der Waals surface area contributed by atoms with Crippen molar-refractivity contribution in [1.29, 1.82) is 0 Å². The maximum absolute atomic E-state index is 5.93. The number of aromatic nitrogens is 2. The van der Waals surface area contributed by atoms with E-state index in [1.807, 2.05) is 38.1 Å². The molecule has 1 aromatic carbocycles. The minimum atomic E-state index is -0.0442. The van der Waals surface area contributed by atoms with E-state index in [0.29, 0.717) is 0 Å². The Balaban J connectivity index is 1.89. The topological polar surface area (TPSA) is 49.9 Å². The molecule has 4 heteroatoms. The molecule has 0 saturated carbocycles. The van der Waals surface area contributed by atoms with Gasteiger partial charge in [0, 0.05) is 5.69 Å². The highest BCUT2D eigenvalue weighted by Gasteiger charge is 2.23. The van der Waals surface area contributed by atoms with Crippen LogP contribution in [0.2, 0.25) is 0 Å². The lowest BCUT2D eigenvalue weighted by molar-refractivity contribution is 0.201. The summed E-state index contributed by atoms with van der Waals surface area (Å²) < 4.78 is 5.93. The number of H-pyrrole nitrogens is 1. The van der Waals surface area contributed by atoms with E-state index < -0.39 is 0 Å². The molecular weight excluding hydrogens is 214 g/mol. The Morgan fingerprint density at radius 3 is 2.88 bits per heavy atom. The van der Waals surface area contributed by atoms with Crippen LogP contribution < -0.4 is 10.1 Å². The van der Waals surface area contributed by atoms with E-state index in [0.717, 1.165) is 35.2 Å². The summed E-state index contributed by atoms with van der Waals surface area (Å²) in [5.74, 6) is 1.78. The van der Waals surface area contributed by atoms with E-state index in [-0.39, 0.29) is 6.10 Å². The van der Waals surface area contributed by atoms with Crippen LogP contribution in [0.3, 0.4) is 0 Å². The van der Waals surface area contributed by atoms with Gasteiger partial charge in [-0.2, -0.15) is 0 Å². The fourth-order valence-corrected chi connectivity index (χ4v) is 1.99. The molecule has 2 aromatic rings. The maximum atomic E-state index is 5.93. The van der Waals surface area contributed by atoms with Gasteiger partial charge in [-0.05, 0) is 26.0 Å². The van der Waals surface area contributed by atoms with Crippen molar-refractivity contribution in [2.75, 3.05) is 11.9 Å². The smallest absolute Gasteiger partial charge is 0.173 e. The lowest BCUT2D eigenvalue weighted by Crippen LogP contribution is -2.24. The lowest BCUT2D eigenvalue weighted by Gasteiger charge is -2.25. The Labute approximate surface area is 100 Å². The Morgan fingerprint density at radius 1 is 1.29 bits per heavy atom. The SMILES string of the molecule is Cc1nc(C2CNc3ccccc3O2)[nH]c1C. The second-order valence-electron chi connectivity index (χ2n) is 4.32. The molecular formula is C13H15N3O. The van der Waals surface area contributed by atoms with Crippen LogP contribution in [-0.2, 0) is 0 Å². The number of anilines is 1. The summed E-state index contributed by atoms with van der Waals surface area (Å²) in [6, 6.07) is 7.96. The average molecular weight is 229 g/mol. The third kappa shape index (κ3) is 1.75. The summed E-state index contributed by atoms with van der Waals surface area (Å²) in [7, 11) is 0. The predicted molar refractivity (Wildman–Crippen MR) is 66.4 cm³/mol. The Morgan fingerprint density at radius 2 is 2.12 bits per heavy atom. The number of hydrogen-bond acceptors (Lipinski definition) is 3. The third-order valence-electron chi connectivity index (χ3n) is 3.09. The van der Waals surface area contributed by atoms with Crippen LogP contribution >= 0.6 is 0 Å². The van der Waals surface area contributed by atoms with E-state index in [4.69, 9.17) is 4.74 Å². The van der Waals surface area contributed by atoms with Crippen molar-refractivity contribution in [2.24, 2.45) is 0 Å². The standard InChI is InChI=1S/C13H15N3O/c1-8-9(2)16-13(15-8)12-7-14-10-5-3-4-6-11(10)17-12/h3-6,12,14H,7H2,1-2H3,(H,15,16). The van der Waals surface area contributed by atoms with Crippen molar-refractivity contribution >= 4 is 5.69 Å². The maximum Gasteiger partial charge on any atom is 0.173 e. The number of fused-ring (bicyclic) bond motifs is 1. The quantitative estimate of drug-likeness (QED) is 0.790. The van der Waals surface area contributed by atoms with Crippen LogP contribution in [0, 0.1) is 13.8 Å². The van der Waals surface area contributed by atoms with Crippen LogP contribution in [0.1, 0.15) is 23.3 Å². The van der Waals surface area contributed by atoms with Crippen molar-refractivity contribution in [1.82, 2.24) is 9.97 Å². The molecule has 17 heavy (non-hydrogen) atoms. The summed E-state index contributed by atoms with van der Waals surface area (Å²) in [5.41, 5.74) is 3.17. The molecule has 0 fully saturated rings. The summed E-state index contributed by atoms with van der Waals surface area (Å²) in [4.78, 5) is 7.75. The highest BCUT2D eigenvalue weighted by Crippen LogP contribution is 2.32. The molecule has 1 aromatic heterocycles. The number of nitrogens with one attached hydrogen (secondary N) is 2. The molecule has 0 aliphatic carbocycles. The molecule has 1 atom stereocenters. The number of imidazole rings is 1. The zero-order valence-corrected chi connectivity index (χ0v) is 9.95. The van der Waals surface area contributed by atoms with Crippen molar-refractivity contribution in [2.45, 2.75) is 20.0 Å². The van der Waals surface area contributed by atoms with Gasteiger partial charge in [0.15, 0.2) is 6.10 Å². The number of nitrogens with zero attached hydrogens (tertiary/aromatic N) is 1. The van der Waals surface area contributed by atoms with Gasteiger partial charge in [0.05, 0.1) is 17.9 Å². The zero-order valence-electron chi connectivity index (χ0n) is 9.95. The molecule has 0 bridgehead atoms. The van der Waals surface area contributed by atoms with Crippen molar-refractivity contribution < 1.29 is 4.74 Å². The summed E-state index contributed by atoms with van der Waals surface area (Å²) in [5, 5.41) is 3.35. The third-order valence-corrected chi connectivity index (χ3v) is 3.09. The lowest BCUT2D eigenvalue weighted by atomic mass is 10.2. The van der Waals surface area contributed by atoms with Gasteiger partial charge in [-0.25, -0.2) is 4.98 Å². The molecule has 2 heterocycles. The van der Waals surface area contributed by atoms with Gasteiger partial charge in [-0.1, -0.05) is 12.1 Å². The number of aromatic amines is 1. The molecule has 0 radical (unpaired) electrons. The molecule has 1 aliphatic heterocycles. The van der Waals surface area contributed by atoms with E-state index >= 15 is 0 Å². The molecule has 0 amide bonds. The minimum absolute atomic E-state index is 0.0442. The first-order valence-corrected chi connectivity index (χ1v) is 5.76. The van der Waals surface area contributed by atoms with Crippen LogP contribution in [0.15, 0.2) is 24.3 Å². The predicted octanol–water partition coefficient (Wildman–Crippen LogP) is 2.57. The van der Waals surface area contributed by atoms with E-state index in [2.05, 4.69) is 15.3 Å². The van der Waals surface area contributed by atoms with Crippen molar-refractivity contribution in [3.05, 3.63) is 41.5 Å². The number of benzene rings is 1. The fourth-order valence-electron chi connectivity index (χ4n) is 1.99. The van der Waals surface area contributed by atoms with Crippen LogP contribution in [0.5, 0.6) is 5.75 Å². The molecule has 4 nitrogen and oxygen atoms in total. The first kappa shape index (κ1) is 10.2. The molecule has 1 unspecified atom stereocenters. The molecule has 0 spiro atoms. The van der Waals surface area contributed by atoms with Crippen LogP contribution in [0.25, 0.3) is 0 Å². The van der Waals surface area contributed by atoms with E-state index in [1.54, 1.807) is 0 Å². The number of aryl methyl sites for hydroxylation is 2. The zero-order chi connectivity index (χ0) is 11.8. The van der Waals surface area contributed by atoms with Gasteiger partial charge in [0.1, 0.15) is 11.6 Å². The first-order chi connectivity index (χ1) is 8.24. The molecule has 1 aliphatic rings. The van der Waals surface area contributed by atoms with Gasteiger partial charge < -0.3 is 15.0 Å². The van der Waals surface area contributed by atoms with Crippen molar-refractivity contribution in [3.63, 3.8) is 0 Å². The van der Waals surface area contributed by atoms with Gasteiger partial charge in [-0.15, -0.1) is 0 Å². The summed E-state index contributed by atoms with van der Waals surface area (Å²) >= 11 is 0. The average Bonchev–Trinajstić information content (AvgIpc) is 2.69. The van der Waals surface area contributed by atoms with Crippen molar-refractivity contribution in [3.8, 4) is 5.75 Å². The second kappa shape index (κ2) is 3.80. The molecule has 3 rings (SSSR count). The number of rotatable bonds is 1. The monoisotopic (exact) mass is 229 g/mol. The van der Waals surface area contributed by atoms with Gasteiger partial charge >= 0.3 is 0 Å². The highest BCUT2D eigenvalue weighted by molar-refractivity contribution is 5.57. The first-order valence-electron chi connectivity index (χ1n) is 5.76. The molecule has 88 valence electrons. The van der Waals surface area contributed by atoms with E-state index in [1.165, 1.54) is 0 Å². The fraction of sp³-hybridized carbons (Fsp3) is 0.308. The Hall–Kier alpha value is -1.97. The normalized spacial score (nSPS) is 18.1. The molecule has 2 N–H and O–H groups in total. The molecule has 0 saturated heterocycles. The second-order valence-corrected chi connectivity index (χ2v) is 4.32. The largest absolute Gasteiger partial charge is 0.478 e. The van der Waals surface area contributed by atoms with Gasteiger partial charge in [0.2, 0.25) is 0 Å². The highest BCUT2D eigenvalue weighted by atomic mass is 16.5.